The number of aliphatic hydroxyl groups is 16. The SMILES string of the molecule is O=S([O-])CCOCCO.O=S([O-])CCOCCO.[CH2-]C1OC2OC3C(COCCCCS(=O)(=O)[O-])OC(OC4C(COCCCCS(=O)(=O)O)OC(OC5C(COCCCCS(=O)(=O)[O-])OC(OC6C(COCCCCS(=O)(=O)[O-])OC(OC7C([CH2-])OC(OC8C(CC)OC(OC1C(O)C2O)C(O)C8O)C(O)C7O)C(O)C6O)C(O)C5O)C(O)C4O)C(O)C3O.[Na+].[Na+].[Na+].[Na+].[Na+]. The summed E-state index contributed by atoms with van der Waals surface area (Å²) in [6, 6.07) is 0. The molecule has 21 aliphatic rings. The molecule has 0 aromatic heterocycles. The molecule has 0 aromatic carbocycles. The van der Waals surface area contributed by atoms with Crippen molar-refractivity contribution in [3.63, 3.8) is 0 Å². The van der Waals surface area contributed by atoms with Gasteiger partial charge in [-0.25, -0.2) is 25.3 Å². The maximum atomic E-state index is 12.1. The molecule has 0 saturated carbocycles. The van der Waals surface area contributed by atoms with Gasteiger partial charge in [0.25, 0.3) is 10.1 Å². The molecule has 0 radical (unpaired) electrons. The van der Waals surface area contributed by atoms with Crippen LogP contribution in [0.2, 0.25) is 0 Å². The van der Waals surface area contributed by atoms with Gasteiger partial charge in [0.15, 0.2) is 44.0 Å². The average Bonchev–Trinajstić information content (AvgIpc) is 0.790. The maximum absolute atomic E-state index is 12.1. The van der Waals surface area contributed by atoms with Gasteiger partial charge in [-0.05, 0) is 70.0 Å². The Kier molecular flexibility index (Phi) is 65.8. The van der Waals surface area contributed by atoms with E-state index in [0.717, 1.165) is 0 Å². The topological polar surface area (TPSA) is 815 Å². The number of aliphatic hydroxyl groups excluding tert-OH is 16. The van der Waals surface area contributed by atoms with Gasteiger partial charge in [-0.2, -0.15) is 8.42 Å². The molecule has 21 heterocycles. The van der Waals surface area contributed by atoms with Crippen molar-refractivity contribution in [1.29, 1.82) is 0 Å². The Hall–Kier alpha value is 3.42. The second-order valence-electron chi connectivity index (χ2n) is 29.7. The largest absolute Gasteiger partial charge is 1.00 e. The van der Waals surface area contributed by atoms with Crippen LogP contribution in [-0.2, 0) is 157 Å². The molecule has 130 heavy (non-hydrogen) atoms. The second kappa shape index (κ2) is 65.1. The van der Waals surface area contributed by atoms with E-state index in [9.17, 15) is 141 Å². The van der Waals surface area contributed by atoms with Gasteiger partial charge in [0.1, 0.15) is 140 Å². The van der Waals surface area contributed by atoms with E-state index in [1.54, 1.807) is 0 Å². The molecular formula is C67H117Na5O52S6-2. The summed E-state index contributed by atoms with van der Waals surface area (Å²) in [4.78, 5) is 0. The van der Waals surface area contributed by atoms with E-state index < -0.39 is 327 Å². The van der Waals surface area contributed by atoms with Gasteiger partial charge in [0, 0.05) is 55.2 Å². The standard InChI is InChI=1S/C59H102O44S4.2C4H10O4S.5Na/c1-4-27-48-34(62)41(69)55(92-27)97-46-25(2)91-54(40(68)33(46)61)100-49-28(21-86-13-5-9-17-104(74,75)76)94-57(43(71)36(49)64)102-51-30(23-88-15-7-11-19-106(80,81)82)96-59(45(73)38(51)66)103-52-31(24-89-16-8-12-20-107(83,84)85)95-58(44(72)37(52)65)101-50-29(22-87-14-6-10-18-105(77,78)79)93-56(42(70)35(50)63)98-47-26(3)90-53(99-48)39(67)32(47)60;2*5-1-2-8-3-4-9(6)7;;;;;/h25-73H,2-24H2,1H3,(H,74,75,76)(H,77,78,79)(H,80,81,82)(H,83,84,85);2*5H,1-4H2,(H,6,7);;;;;/q-2;;;5*+1/p-5. The van der Waals surface area contributed by atoms with E-state index in [4.69, 9.17) is 95.5 Å². The number of hydrogen-bond acceptors (Lipinski definition) is 51. The monoisotopic (exact) mass is 2060 g/mol. The van der Waals surface area contributed by atoms with Crippen LogP contribution in [0.5, 0.6) is 0 Å². The van der Waals surface area contributed by atoms with E-state index in [-0.39, 0.29) is 283 Å². The van der Waals surface area contributed by atoms with Gasteiger partial charge >= 0.3 is 148 Å². The van der Waals surface area contributed by atoms with Crippen LogP contribution in [0.1, 0.15) is 64.7 Å². The minimum atomic E-state index is -4.69. The fraction of sp³-hybridized carbons (Fsp3) is 0.970. The number of hydrogen-bond donors (Lipinski definition) is 17. The average molecular weight is 2060 g/mol. The molecule has 14 bridgehead atoms. The molecule has 17 N–H and O–H groups in total. The molecule has 52 nitrogen and oxygen atoms in total. The first-order valence-electron chi connectivity index (χ1n) is 39.6. The molecule has 21 rings (SSSR count). The van der Waals surface area contributed by atoms with E-state index in [1.165, 1.54) is 6.92 Å². The van der Waals surface area contributed by atoms with E-state index in [1.807, 2.05) is 0 Å². The Morgan fingerprint density at radius 3 is 0.715 bits per heavy atom. The van der Waals surface area contributed by atoms with Crippen molar-refractivity contribution in [2.75, 3.05) is 127 Å². The first-order chi connectivity index (χ1) is 58.7. The van der Waals surface area contributed by atoms with Crippen molar-refractivity contribution in [3.8, 4) is 0 Å². The summed E-state index contributed by atoms with van der Waals surface area (Å²) in [5.74, 6) is -3.09. The molecular weight excluding hydrogens is 1940 g/mol. The van der Waals surface area contributed by atoms with Crippen LogP contribution in [0.15, 0.2) is 0 Å². The zero-order valence-corrected chi connectivity index (χ0v) is 87.4. The zero-order valence-electron chi connectivity index (χ0n) is 72.5. The number of rotatable bonds is 39. The molecule has 0 amide bonds. The number of unbranched alkanes of at least 4 members (excludes halogenated alkanes) is 4. The van der Waals surface area contributed by atoms with E-state index in [2.05, 4.69) is 23.3 Å². The molecule has 0 aliphatic carbocycles. The zero-order chi connectivity index (χ0) is 93.0. The molecule has 740 valence electrons. The summed E-state index contributed by atoms with van der Waals surface area (Å²) in [6.45, 7) is 5.68. The second-order valence-corrected chi connectivity index (χ2v) is 37.8. The predicted octanol–water partition coefficient (Wildman–Crippen LogP) is -27.6. The minimum Gasteiger partial charge on any atom is -0.772 e. The summed E-state index contributed by atoms with van der Waals surface area (Å²) < 4.78 is 291. The quantitative estimate of drug-likeness (QED) is 0.00893. The summed E-state index contributed by atoms with van der Waals surface area (Å²) >= 11 is -4.05. The first-order valence-corrected chi connectivity index (χ1v) is 48.5. The summed E-state index contributed by atoms with van der Waals surface area (Å²) in [5.41, 5.74) is 0. The first kappa shape index (κ1) is 131. The normalized spacial score (nSPS) is 37.9. The number of ether oxygens (including phenoxy) is 20. The molecule has 0 spiro atoms. The van der Waals surface area contributed by atoms with Crippen molar-refractivity contribution in [2.24, 2.45) is 0 Å². The van der Waals surface area contributed by atoms with E-state index in [0.29, 0.717) is 0 Å². The van der Waals surface area contributed by atoms with Gasteiger partial charge in [-0.3, -0.25) is 13.0 Å². The maximum Gasteiger partial charge on any atom is 1.00 e. The molecule has 0 aromatic rings. The molecule has 21 fully saturated rings. The Bertz CT molecular complexity index is 3500. The van der Waals surface area contributed by atoms with Gasteiger partial charge in [-0.15, -0.1) is 0 Å². The third-order valence-electron chi connectivity index (χ3n) is 20.1. The Morgan fingerprint density at radius 2 is 0.500 bits per heavy atom. The van der Waals surface area contributed by atoms with Crippen molar-refractivity contribution < 1.29 is 394 Å². The fourth-order valence-electron chi connectivity index (χ4n) is 13.6. The van der Waals surface area contributed by atoms with Gasteiger partial charge < -0.3 is 213 Å². The summed E-state index contributed by atoms with van der Waals surface area (Å²) in [6.07, 6.45) is -71.4. The third kappa shape index (κ3) is 44.0. The van der Waals surface area contributed by atoms with Crippen LogP contribution in [0.4, 0.5) is 0 Å². The van der Waals surface area contributed by atoms with Crippen molar-refractivity contribution in [3.05, 3.63) is 13.8 Å². The Morgan fingerprint density at radius 1 is 0.292 bits per heavy atom. The minimum absolute atomic E-state index is 0. The van der Waals surface area contributed by atoms with Crippen molar-refractivity contribution in [2.45, 2.75) is 280 Å². The summed E-state index contributed by atoms with van der Waals surface area (Å²) in [7, 11) is -18.5. The molecule has 37 unspecified atom stereocenters. The third-order valence-corrected chi connectivity index (χ3v) is 24.2. The Balaban J connectivity index is 0.00000331. The van der Waals surface area contributed by atoms with Crippen molar-refractivity contribution in [1.82, 2.24) is 0 Å². The van der Waals surface area contributed by atoms with Crippen LogP contribution in [0.25, 0.3) is 0 Å². The van der Waals surface area contributed by atoms with Gasteiger partial charge in [-0.1, -0.05) is 29.1 Å². The predicted molar refractivity (Wildman–Crippen MR) is 404 cm³/mol. The van der Waals surface area contributed by atoms with Crippen LogP contribution in [0, 0.1) is 13.8 Å². The van der Waals surface area contributed by atoms with Crippen LogP contribution >= 0.6 is 0 Å². The molecule has 21 saturated heterocycles. The fourth-order valence-corrected chi connectivity index (χ4v) is 16.3. The van der Waals surface area contributed by atoms with Gasteiger partial charge in [0.05, 0.1) is 120 Å². The van der Waals surface area contributed by atoms with Crippen LogP contribution in [0.3, 0.4) is 0 Å². The Labute approximate surface area is 867 Å². The molecule has 21 aliphatic heterocycles. The van der Waals surface area contributed by atoms with E-state index >= 15 is 0 Å². The molecule has 63 heteroatoms. The van der Waals surface area contributed by atoms with Gasteiger partial charge in [0.2, 0.25) is 0 Å². The van der Waals surface area contributed by atoms with Crippen LogP contribution in [-0.4, -0.2) is 493 Å². The molecule has 37 atom stereocenters. The summed E-state index contributed by atoms with van der Waals surface area (Å²) in [5, 5.41) is 182. The van der Waals surface area contributed by atoms with Crippen LogP contribution < -0.4 is 148 Å². The smallest absolute Gasteiger partial charge is 0.772 e. The van der Waals surface area contributed by atoms with Crippen molar-refractivity contribution >= 4 is 62.6 Å².